The molecule has 1 aliphatic rings. The van der Waals surface area contributed by atoms with Gasteiger partial charge >= 0.3 is 11.9 Å². The summed E-state index contributed by atoms with van der Waals surface area (Å²) in [4.78, 5) is 22.7. The summed E-state index contributed by atoms with van der Waals surface area (Å²) in [5.74, 6) is -2.16. The maximum atomic E-state index is 11.1. The zero-order valence-corrected chi connectivity index (χ0v) is 12.3. The number of thiol groups is 1. The molecule has 4 nitrogen and oxygen atoms in total. The predicted molar refractivity (Wildman–Crippen MR) is 86.1 cm³/mol. The summed E-state index contributed by atoms with van der Waals surface area (Å²) in [5, 5.41) is 18.1. The van der Waals surface area contributed by atoms with Crippen molar-refractivity contribution in [2.24, 2.45) is 0 Å². The summed E-state index contributed by atoms with van der Waals surface area (Å²) in [6, 6.07) is 4.77. The fourth-order valence-corrected chi connectivity index (χ4v) is 2.26. The summed E-state index contributed by atoms with van der Waals surface area (Å²) in [6.07, 6.45) is 6.36. The van der Waals surface area contributed by atoms with E-state index in [1.165, 1.54) is 18.2 Å². The van der Waals surface area contributed by atoms with Crippen LogP contribution in [0.1, 0.15) is 15.9 Å². The number of carboxylic acids is 2. The summed E-state index contributed by atoms with van der Waals surface area (Å²) in [7, 11) is 0. The Bertz CT molecular complexity index is 742. The van der Waals surface area contributed by atoms with E-state index in [0.717, 1.165) is 0 Å². The van der Waals surface area contributed by atoms with Gasteiger partial charge in [0, 0.05) is 4.90 Å². The third-order valence-electron chi connectivity index (χ3n) is 2.82. The molecule has 0 fully saturated rings. The molecule has 0 saturated carbocycles. The number of aliphatic carboxylic acids is 1. The first-order valence-corrected chi connectivity index (χ1v) is 6.69. The van der Waals surface area contributed by atoms with Gasteiger partial charge in [-0.1, -0.05) is 24.4 Å². The van der Waals surface area contributed by atoms with E-state index in [0.29, 0.717) is 16.0 Å². The Balaban J connectivity index is 2.43. The lowest BCUT2D eigenvalue weighted by molar-refractivity contribution is -0.132. The third kappa shape index (κ3) is 3.48. The lowest BCUT2D eigenvalue weighted by Crippen LogP contribution is -2.11. The molecule has 6 heteroatoms. The number of allylic oxidation sites excluding steroid dienone is 4. The van der Waals surface area contributed by atoms with E-state index >= 15 is 0 Å². The standard InChI is InChI=1S/C15H10O4S2/c16-14(17)10-6-8(1-3-12(10)20)5-9-2-4-13(21)11(7-9)15(18)19/h1-7,20H,(H,16,17)(H,18,19)/b9-5+. The van der Waals surface area contributed by atoms with Crippen molar-refractivity contribution in [3.63, 3.8) is 0 Å². The zero-order valence-electron chi connectivity index (χ0n) is 10.6. The van der Waals surface area contributed by atoms with Gasteiger partial charge in [-0.05, 0) is 41.5 Å². The number of thiocarbonyl (C=S) groups is 1. The van der Waals surface area contributed by atoms with Gasteiger partial charge in [-0.2, -0.15) is 0 Å². The molecule has 0 aliphatic heterocycles. The van der Waals surface area contributed by atoms with E-state index in [9.17, 15) is 9.59 Å². The van der Waals surface area contributed by atoms with Crippen LogP contribution in [0.25, 0.3) is 6.08 Å². The van der Waals surface area contributed by atoms with Crippen LogP contribution in [0.15, 0.2) is 52.5 Å². The van der Waals surface area contributed by atoms with Crippen molar-refractivity contribution in [3.8, 4) is 0 Å². The first-order valence-electron chi connectivity index (χ1n) is 5.84. The number of rotatable bonds is 3. The molecule has 1 aromatic carbocycles. The van der Waals surface area contributed by atoms with Crippen LogP contribution in [0.2, 0.25) is 0 Å². The summed E-state index contributed by atoms with van der Waals surface area (Å²) in [5.41, 5.74) is 1.40. The molecule has 1 aliphatic carbocycles. The number of benzene rings is 1. The average Bonchev–Trinajstić information content (AvgIpc) is 2.42. The first kappa shape index (κ1) is 15.2. The van der Waals surface area contributed by atoms with E-state index in [4.69, 9.17) is 22.4 Å². The van der Waals surface area contributed by atoms with E-state index in [1.54, 1.807) is 24.3 Å². The van der Waals surface area contributed by atoms with Gasteiger partial charge in [0.05, 0.1) is 16.0 Å². The minimum absolute atomic E-state index is 0.0445. The fraction of sp³-hybridized carbons (Fsp3) is 0. The maximum Gasteiger partial charge on any atom is 0.337 e. The van der Waals surface area contributed by atoms with Gasteiger partial charge in [0.2, 0.25) is 0 Å². The predicted octanol–water partition coefficient (Wildman–Crippen LogP) is 3.01. The molecule has 0 aromatic heterocycles. The quantitative estimate of drug-likeness (QED) is 0.590. The van der Waals surface area contributed by atoms with Crippen LogP contribution < -0.4 is 0 Å². The normalized spacial score (nSPS) is 16.0. The largest absolute Gasteiger partial charge is 0.478 e. The Labute approximate surface area is 131 Å². The van der Waals surface area contributed by atoms with Gasteiger partial charge in [0.25, 0.3) is 0 Å². The molecule has 106 valence electrons. The molecule has 0 saturated heterocycles. The second-order valence-corrected chi connectivity index (χ2v) is 5.21. The van der Waals surface area contributed by atoms with Gasteiger partial charge < -0.3 is 10.2 Å². The number of aromatic carboxylic acids is 1. The number of carboxylic acid groups (broad SMARTS) is 2. The minimum atomic E-state index is -1.09. The van der Waals surface area contributed by atoms with Crippen LogP contribution in [0.3, 0.4) is 0 Å². The monoisotopic (exact) mass is 318 g/mol. The van der Waals surface area contributed by atoms with Crippen LogP contribution in [-0.4, -0.2) is 27.0 Å². The SMILES string of the molecule is O=C(O)C1=C/C(=C/c2ccc(S)c(C(=O)O)c2)C=CC1=S. The summed E-state index contributed by atoms with van der Waals surface area (Å²) in [6.45, 7) is 0. The molecule has 0 amide bonds. The Morgan fingerprint density at radius 1 is 1.14 bits per heavy atom. The van der Waals surface area contributed by atoms with Gasteiger partial charge in [-0.3, -0.25) is 0 Å². The van der Waals surface area contributed by atoms with Crippen molar-refractivity contribution in [3.05, 3.63) is 58.7 Å². The van der Waals surface area contributed by atoms with E-state index in [-0.39, 0.29) is 16.0 Å². The smallest absolute Gasteiger partial charge is 0.337 e. The summed E-state index contributed by atoms with van der Waals surface area (Å²) >= 11 is 9.02. The molecule has 0 unspecified atom stereocenters. The van der Waals surface area contributed by atoms with Gasteiger partial charge in [-0.25, -0.2) is 9.59 Å². The van der Waals surface area contributed by atoms with Crippen LogP contribution >= 0.6 is 24.8 Å². The molecule has 0 spiro atoms. The minimum Gasteiger partial charge on any atom is -0.478 e. The topological polar surface area (TPSA) is 74.6 Å². The Morgan fingerprint density at radius 3 is 2.48 bits per heavy atom. The van der Waals surface area contributed by atoms with Crippen molar-refractivity contribution in [2.75, 3.05) is 0 Å². The molecule has 21 heavy (non-hydrogen) atoms. The Kier molecular flexibility index (Phi) is 4.40. The summed E-state index contributed by atoms with van der Waals surface area (Å²) < 4.78 is 0. The third-order valence-corrected chi connectivity index (χ3v) is 3.56. The second-order valence-electron chi connectivity index (χ2n) is 4.29. The van der Waals surface area contributed by atoms with Crippen LogP contribution in [0.5, 0.6) is 0 Å². The number of hydrogen-bond acceptors (Lipinski definition) is 4. The van der Waals surface area contributed by atoms with Gasteiger partial charge in [0.1, 0.15) is 0 Å². The van der Waals surface area contributed by atoms with Crippen LogP contribution in [-0.2, 0) is 4.79 Å². The Morgan fingerprint density at radius 2 is 1.86 bits per heavy atom. The first-order chi connectivity index (χ1) is 9.88. The number of hydrogen-bond donors (Lipinski definition) is 3. The molecule has 0 heterocycles. The highest BCUT2D eigenvalue weighted by Crippen LogP contribution is 2.21. The molecule has 0 atom stereocenters. The van der Waals surface area contributed by atoms with Crippen LogP contribution in [0.4, 0.5) is 0 Å². The van der Waals surface area contributed by atoms with Crippen molar-refractivity contribution >= 4 is 47.7 Å². The van der Waals surface area contributed by atoms with Crippen LogP contribution in [0, 0.1) is 0 Å². The van der Waals surface area contributed by atoms with Crippen molar-refractivity contribution < 1.29 is 19.8 Å². The molecule has 2 N–H and O–H groups in total. The lowest BCUT2D eigenvalue weighted by atomic mass is 9.99. The van der Waals surface area contributed by atoms with Crippen molar-refractivity contribution in [1.82, 2.24) is 0 Å². The van der Waals surface area contributed by atoms with E-state index in [2.05, 4.69) is 12.6 Å². The average molecular weight is 318 g/mol. The van der Waals surface area contributed by atoms with E-state index < -0.39 is 11.9 Å². The van der Waals surface area contributed by atoms with Gasteiger partial charge in [-0.15, -0.1) is 12.6 Å². The fourth-order valence-electron chi connectivity index (χ4n) is 1.81. The number of carbonyl (C=O) groups is 2. The Hall–Kier alpha value is -2.18. The lowest BCUT2D eigenvalue weighted by Gasteiger charge is -2.08. The molecular formula is C15H10O4S2. The highest BCUT2D eigenvalue weighted by molar-refractivity contribution is 7.81. The van der Waals surface area contributed by atoms with Gasteiger partial charge in [0.15, 0.2) is 0 Å². The van der Waals surface area contributed by atoms with Crippen molar-refractivity contribution in [1.29, 1.82) is 0 Å². The maximum absolute atomic E-state index is 11.1. The molecular weight excluding hydrogens is 308 g/mol. The molecule has 0 bridgehead atoms. The van der Waals surface area contributed by atoms with Crippen molar-refractivity contribution in [2.45, 2.75) is 4.90 Å². The molecule has 1 aromatic rings. The molecule has 2 rings (SSSR count). The van der Waals surface area contributed by atoms with E-state index in [1.807, 2.05) is 0 Å². The highest BCUT2D eigenvalue weighted by atomic mass is 32.1. The highest BCUT2D eigenvalue weighted by Gasteiger charge is 2.15. The second kappa shape index (κ2) is 6.07. The zero-order chi connectivity index (χ0) is 15.6. The molecule has 0 radical (unpaired) electrons.